The van der Waals surface area contributed by atoms with Gasteiger partial charge in [0, 0.05) is 0 Å². The van der Waals surface area contributed by atoms with E-state index in [1.165, 1.54) is 12.1 Å². The van der Waals surface area contributed by atoms with Gasteiger partial charge >= 0.3 is 0 Å². The molecule has 0 aliphatic carbocycles. The van der Waals surface area contributed by atoms with E-state index in [0.29, 0.717) is 18.0 Å². The number of para-hydroxylation sites is 1. The minimum absolute atomic E-state index is 0.0700. The van der Waals surface area contributed by atoms with E-state index in [1.807, 2.05) is 13.8 Å². The zero-order chi connectivity index (χ0) is 23.3. The number of rotatable bonds is 8. The summed E-state index contributed by atoms with van der Waals surface area (Å²) in [6.07, 6.45) is 0. The summed E-state index contributed by atoms with van der Waals surface area (Å²) in [7, 11) is -4.04. The highest BCUT2D eigenvalue weighted by Crippen LogP contribution is 2.30. The van der Waals surface area contributed by atoms with Crippen molar-refractivity contribution in [1.82, 2.24) is 0 Å². The molecule has 0 aliphatic rings. The number of amides is 1. The summed E-state index contributed by atoms with van der Waals surface area (Å²) in [4.78, 5) is 12.9. The van der Waals surface area contributed by atoms with Crippen LogP contribution in [0.5, 0.6) is 5.75 Å². The molecule has 3 rings (SSSR count). The summed E-state index contributed by atoms with van der Waals surface area (Å²) in [5.74, 6) is 0.000746. The number of aryl methyl sites for hydroxylation is 1. The first-order valence-electron chi connectivity index (χ1n) is 9.78. The van der Waals surface area contributed by atoms with Crippen LogP contribution >= 0.6 is 23.2 Å². The second kappa shape index (κ2) is 10.3. The van der Waals surface area contributed by atoms with Gasteiger partial charge in [0.2, 0.25) is 5.91 Å². The summed E-state index contributed by atoms with van der Waals surface area (Å²) in [5, 5.41) is 3.11. The fraction of sp³-hybridized carbons (Fsp3) is 0.174. The first-order chi connectivity index (χ1) is 15.2. The van der Waals surface area contributed by atoms with Crippen LogP contribution in [0.15, 0.2) is 71.6 Å². The van der Waals surface area contributed by atoms with E-state index < -0.39 is 22.5 Å². The van der Waals surface area contributed by atoms with Crippen LogP contribution in [0.3, 0.4) is 0 Å². The van der Waals surface area contributed by atoms with Crippen molar-refractivity contribution < 1.29 is 17.9 Å². The number of carbonyl (C=O) groups excluding carboxylic acids is 1. The molecule has 6 nitrogen and oxygen atoms in total. The number of nitrogens with one attached hydrogen (secondary N) is 1. The molecular weight excluding hydrogens is 471 g/mol. The number of halogens is 2. The highest BCUT2D eigenvalue weighted by atomic mass is 35.5. The fourth-order valence-corrected chi connectivity index (χ4v) is 4.87. The molecule has 0 aromatic heterocycles. The Morgan fingerprint density at radius 1 is 0.969 bits per heavy atom. The Morgan fingerprint density at radius 3 is 2.12 bits per heavy atom. The number of sulfonamides is 1. The topological polar surface area (TPSA) is 75.7 Å². The number of benzene rings is 3. The smallest absolute Gasteiger partial charge is 0.264 e. The maximum absolute atomic E-state index is 13.4. The highest BCUT2D eigenvalue weighted by Gasteiger charge is 2.27. The Labute approximate surface area is 197 Å². The zero-order valence-electron chi connectivity index (χ0n) is 17.5. The molecule has 0 fully saturated rings. The van der Waals surface area contributed by atoms with Gasteiger partial charge in [0.15, 0.2) is 0 Å². The van der Waals surface area contributed by atoms with Crippen molar-refractivity contribution in [2.45, 2.75) is 18.7 Å². The van der Waals surface area contributed by atoms with Gasteiger partial charge in [0.05, 0.1) is 32.9 Å². The molecule has 1 N–H and O–H groups in total. The Morgan fingerprint density at radius 2 is 1.56 bits per heavy atom. The van der Waals surface area contributed by atoms with Crippen molar-refractivity contribution >= 4 is 50.5 Å². The SMILES string of the molecule is CCOc1ccc(N(CC(=O)Nc2c(Cl)cccc2Cl)S(=O)(=O)c2ccc(C)cc2)cc1. The number of nitrogens with zero attached hydrogens (tertiary/aromatic N) is 1. The molecule has 0 heterocycles. The van der Waals surface area contributed by atoms with Crippen LogP contribution in [0.25, 0.3) is 0 Å². The molecule has 0 aliphatic heterocycles. The van der Waals surface area contributed by atoms with Crippen LogP contribution in [-0.4, -0.2) is 27.5 Å². The number of hydrogen-bond acceptors (Lipinski definition) is 4. The molecule has 0 saturated heterocycles. The van der Waals surface area contributed by atoms with Gasteiger partial charge in [-0.3, -0.25) is 9.10 Å². The third-order valence-corrected chi connectivity index (χ3v) is 6.98. The van der Waals surface area contributed by atoms with Crippen molar-refractivity contribution in [3.63, 3.8) is 0 Å². The maximum atomic E-state index is 13.4. The molecule has 0 saturated carbocycles. The number of hydrogen-bond donors (Lipinski definition) is 1. The molecule has 9 heteroatoms. The Hall–Kier alpha value is -2.74. The quantitative estimate of drug-likeness (QED) is 0.448. The average Bonchev–Trinajstić information content (AvgIpc) is 2.76. The number of anilines is 2. The minimum Gasteiger partial charge on any atom is -0.494 e. The van der Waals surface area contributed by atoms with Crippen molar-refractivity contribution in [3.05, 3.63) is 82.3 Å². The molecule has 0 spiro atoms. The average molecular weight is 493 g/mol. The lowest BCUT2D eigenvalue weighted by Crippen LogP contribution is -2.38. The van der Waals surface area contributed by atoms with Crippen LogP contribution in [0.1, 0.15) is 12.5 Å². The lowest BCUT2D eigenvalue weighted by molar-refractivity contribution is -0.114. The lowest BCUT2D eigenvalue weighted by Gasteiger charge is -2.24. The van der Waals surface area contributed by atoms with Gasteiger partial charge in [-0.05, 0) is 62.4 Å². The molecule has 3 aromatic rings. The molecule has 0 radical (unpaired) electrons. The zero-order valence-corrected chi connectivity index (χ0v) is 19.8. The largest absolute Gasteiger partial charge is 0.494 e. The van der Waals surface area contributed by atoms with E-state index in [2.05, 4.69) is 5.32 Å². The first-order valence-corrected chi connectivity index (χ1v) is 12.0. The van der Waals surface area contributed by atoms with E-state index in [4.69, 9.17) is 27.9 Å². The van der Waals surface area contributed by atoms with Gasteiger partial charge in [-0.2, -0.15) is 0 Å². The normalized spacial score (nSPS) is 11.1. The maximum Gasteiger partial charge on any atom is 0.264 e. The molecule has 0 bridgehead atoms. The van der Waals surface area contributed by atoms with Crippen molar-refractivity contribution in [2.24, 2.45) is 0 Å². The molecule has 168 valence electrons. The van der Waals surface area contributed by atoms with E-state index >= 15 is 0 Å². The van der Waals surface area contributed by atoms with E-state index in [9.17, 15) is 13.2 Å². The van der Waals surface area contributed by atoms with Crippen molar-refractivity contribution in [3.8, 4) is 5.75 Å². The predicted octanol–water partition coefficient (Wildman–Crippen LogP) is 5.53. The van der Waals surface area contributed by atoms with Crippen LogP contribution in [0.4, 0.5) is 11.4 Å². The summed E-state index contributed by atoms with van der Waals surface area (Å²) in [6.45, 7) is 3.71. The first kappa shape index (κ1) is 23.9. The van der Waals surface area contributed by atoms with Crippen molar-refractivity contribution in [2.75, 3.05) is 22.8 Å². The molecule has 32 heavy (non-hydrogen) atoms. The monoisotopic (exact) mass is 492 g/mol. The fourth-order valence-electron chi connectivity index (χ4n) is 2.95. The molecule has 1 amide bonds. The molecule has 3 aromatic carbocycles. The third kappa shape index (κ3) is 5.54. The van der Waals surface area contributed by atoms with Gasteiger partial charge in [0.1, 0.15) is 12.3 Å². The summed E-state index contributed by atoms with van der Waals surface area (Å²) in [6, 6.07) is 17.7. The second-order valence-corrected chi connectivity index (χ2v) is 9.57. The summed E-state index contributed by atoms with van der Waals surface area (Å²) >= 11 is 12.3. The van der Waals surface area contributed by atoms with Crippen LogP contribution in [0, 0.1) is 6.92 Å². The van der Waals surface area contributed by atoms with Crippen LogP contribution < -0.4 is 14.4 Å². The van der Waals surface area contributed by atoms with E-state index in [0.717, 1.165) is 9.87 Å². The highest BCUT2D eigenvalue weighted by molar-refractivity contribution is 7.92. The molecule has 0 atom stereocenters. The second-order valence-electron chi connectivity index (χ2n) is 6.90. The lowest BCUT2D eigenvalue weighted by atomic mass is 10.2. The Balaban J connectivity index is 1.96. The Bertz CT molecular complexity index is 1180. The summed E-state index contributed by atoms with van der Waals surface area (Å²) in [5.41, 5.74) is 1.46. The number of carbonyl (C=O) groups is 1. The van der Waals surface area contributed by atoms with Gasteiger partial charge in [-0.1, -0.05) is 47.0 Å². The van der Waals surface area contributed by atoms with Crippen LogP contribution in [0.2, 0.25) is 10.0 Å². The van der Waals surface area contributed by atoms with Gasteiger partial charge in [-0.15, -0.1) is 0 Å². The molecular formula is C23H22Cl2N2O4S. The van der Waals surface area contributed by atoms with E-state index in [1.54, 1.807) is 54.6 Å². The van der Waals surface area contributed by atoms with Gasteiger partial charge in [-0.25, -0.2) is 8.42 Å². The Kier molecular flexibility index (Phi) is 7.66. The van der Waals surface area contributed by atoms with Crippen molar-refractivity contribution in [1.29, 1.82) is 0 Å². The predicted molar refractivity (Wildman–Crippen MR) is 128 cm³/mol. The third-order valence-electron chi connectivity index (χ3n) is 4.56. The standard InChI is InChI=1S/C23H22Cl2N2O4S/c1-3-31-18-11-9-17(10-12-18)27(32(29,30)19-13-7-16(2)8-14-19)15-22(28)26-23-20(24)5-4-6-21(23)25/h4-14H,3,15H2,1-2H3,(H,26,28). The summed E-state index contributed by atoms with van der Waals surface area (Å²) < 4.78 is 33.3. The van der Waals surface area contributed by atoms with E-state index in [-0.39, 0.29) is 20.6 Å². The van der Waals surface area contributed by atoms with Gasteiger partial charge < -0.3 is 10.1 Å². The minimum atomic E-state index is -4.04. The number of ether oxygens (including phenoxy) is 1. The van der Waals surface area contributed by atoms with Crippen LogP contribution in [-0.2, 0) is 14.8 Å². The molecule has 0 unspecified atom stereocenters. The van der Waals surface area contributed by atoms with Gasteiger partial charge in [0.25, 0.3) is 10.0 Å².